The van der Waals surface area contributed by atoms with Crippen LogP contribution < -0.4 is 15.0 Å². The number of anilines is 2. The Morgan fingerprint density at radius 2 is 1.89 bits per heavy atom. The fourth-order valence-corrected chi connectivity index (χ4v) is 2.99. The van der Waals surface area contributed by atoms with Gasteiger partial charge in [0.15, 0.2) is 11.5 Å². The molecule has 1 aromatic carbocycles. The molecule has 2 aromatic heterocycles. The van der Waals surface area contributed by atoms with Gasteiger partial charge in [-0.25, -0.2) is 0 Å². The monoisotopic (exact) mass is 382 g/mol. The first-order valence-corrected chi connectivity index (χ1v) is 9.64. The summed E-state index contributed by atoms with van der Waals surface area (Å²) < 4.78 is 7.26. The van der Waals surface area contributed by atoms with Crippen molar-refractivity contribution in [1.29, 1.82) is 0 Å². The molecular formula is C20H26N6O2. The van der Waals surface area contributed by atoms with Gasteiger partial charge < -0.3 is 15.0 Å². The highest BCUT2D eigenvalue weighted by atomic mass is 16.5. The SMILES string of the molecule is CCOc1ccccc1NC(=O)CCc1nnc2ccc(N(CC)CC)nn12. The van der Waals surface area contributed by atoms with Gasteiger partial charge in [-0.15, -0.1) is 15.3 Å². The lowest BCUT2D eigenvalue weighted by Gasteiger charge is -2.19. The minimum absolute atomic E-state index is 0.108. The Kier molecular flexibility index (Phi) is 6.41. The molecule has 0 bridgehead atoms. The minimum atomic E-state index is -0.108. The van der Waals surface area contributed by atoms with Gasteiger partial charge in [-0.2, -0.15) is 4.52 Å². The summed E-state index contributed by atoms with van der Waals surface area (Å²) in [4.78, 5) is 14.6. The van der Waals surface area contributed by atoms with Gasteiger partial charge in [-0.3, -0.25) is 4.79 Å². The fourth-order valence-electron chi connectivity index (χ4n) is 2.99. The molecule has 0 saturated carbocycles. The van der Waals surface area contributed by atoms with Crippen molar-refractivity contribution >= 4 is 23.1 Å². The van der Waals surface area contributed by atoms with Gasteiger partial charge in [-0.05, 0) is 45.0 Å². The van der Waals surface area contributed by atoms with Crippen molar-refractivity contribution in [2.24, 2.45) is 0 Å². The van der Waals surface area contributed by atoms with Crippen LogP contribution >= 0.6 is 0 Å². The van der Waals surface area contributed by atoms with Gasteiger partial charge in [0, 0.05) is 25.9 Å². The number of hydrogen-bond acceptors (Lipinski definition) is 6. The standard InChI is InChI=1S/C20H26N6O2/c1-4-25(5-2)19-12-11-17-22-23-18(26(17)24-19)13-14-20(27)21-15-9-7-8-10-16(15)28-6-3/h7-12H,4-6,13-14H2,1-3H3,(H,21,27). The Morgan fingerprint density at radius 1 is 1.11 bits per heavy atom. The molecule has 3 rings (SSSR count). The van der Waals surface area contributed by atoms with Gasteiger partial charge >= 0.3 is 0 Å². The van der Waals surface area contributed by atoms with E-state index in [1.54, 1.807) is 4.52 Å². The highest BCUT2D eigenvalue weighted by molar-refractivity contribution is 5.92. The zero-order valence-electron chi connectivity index (χ0n) is 16.6. The topological polar surface area (TPSA) is 84.6 Å². The van der Waals surface area contributed by atoms with Crippen molar-refractivity contribution in [1.82, 2.24) is 19.8 Å². The van der Waals surface area contributed by atoms with E-state index in [2.05, 4.69) is 39.4 Å². The van der Waals surface area contributed by atoms with E-state index in [1.807, 2.05) is 43.3 Å². The molecule has 0 unspecified atom stereocenters. The Balaban J connectivity index is 1.69. The van der Waals surface area contributed by atoms with Crippen molar-refractivity contribution in [3.8, 4) is 5.75 Å². The first kappa shape index (κ1) is 19.6. The smallest absolute Gasteiger partial charge is 0.224 e. The first-order chi connectivity index (χ1) is 13.7. The van der Waals surface area contributed by atoms with Crippen LogP contribution in [0.3, 0.4) is 0 Å². The van der Waals surface area contributed by atoms with Crippen LogP contribution in [0, 0.1) is 0 Å². The van der Waals surface area contributed by atoms with Crippen LogP contribution in [0.15, 0.2) is 36.4 Å². The molecule has 8 heteroatoms. The highest BCUT2D eigenvalue weighted by Gasteiger charge is 2.13. The van der Waals surface area contributed by atoms with Crippen LogP contribution in [0.2, 0.25) is 0 Å². The molecule has 3 aromatic rings. The Bertz CT molecular complexity index is 935. The maximum absolute atomic E-state index is 12.4. The first-order valence-electron chi connectivity index (χ1n) is 9.64. The third-order valence-electron chi connectivity index (χ3n) is 4.44. The molecule has 0 aliphatic heterocycles. The number of para-hydroxylation sites is 2. The predicted molar refractivity (Wildman–Crippen MR) is 109 cm³/mol. The van der Waals surface area contributed by atoms with E-state index in [0.717, 1.165) is 18.9 Å². The number of hydrogen-bond donors (Lipinski definition) is 1. The summed E-state index contributed by atoms with van der Waals surface area (Å²) in [5, 5.41) is 15.9. The van der Waals surface area contributed by atoms with Crippen molar-refractivity contribution in [2.45, 2.75) is 33.6 Å². The molecule has 0 saturated heterocycles. The van der Waals surface area contributed by atoms with Gasteiger partial charge in [-0.1, -0.05) is 12.1 Å². The number of nitrogens with zero attached hydrogens (tertiary/aromatic N) is 5. The quantitative estimate of drug-likeness (QED) is 0.612. The summed E-state index contributed by atoms with van der Waals surface area (Å²) in [5.74, 6) is 2.09. The Morgan fingerprint density at radius 3 is 2.64 bits per heavy atom. The van der Waals surface area contributed by atoms with E-state index in [9.17, 15) is 4.79 Å². The second-order valence-electron chi connectivity index (χ2n) is 6.23. The zero-order chi connectivity index (χ0) is 19.9. The van der Waals surface area contributed by atoms with Gasteiger partial charge in [0.05, 0.1) is 12.3 Å². The predicted octanol–water partition coefficient (Wildman–Crippen LogP) is 2.94. The highest BCUT2D eigenvalue weighted by Crippen LogP contribution is 2.23. The second-order valence-corrected chi connectivity index (χ2v) is 6.23. The zero-order valence-corrected chi connectivity index (χ0v) is 16.6. The largest absolute Gasteiger partial charge is 0.492 e. The van der Waals surface area contributed by atoms with Crippen molar-refractivity contribution < 1.29 is 9.53 Å². The molecule has 2 heterocycles. The lowest BCUT2D eigenvalue weighted by molar-refractivity contribution is -0.116. The summed E-state index contributed by atoms with van der Waals surface area (Å²) in [6.45, 7) is 8.37. The maximum Gasteiger partial charge on any atom is 0.224 e. The number of rotatable bonds is 9. The third kappa shape index (κ3) is 4.39. The maximum atomic E-state index is 12.4. The van der Waals surface area contributed by atoms with E-state index in [-0.39, 0.29) is 12.3 Å². The summed E-state index contributed by atoms with van der Waals surface area (Å²) in [6, 6.07) is 11.2. The fraction of sp³-hybridized carbons (Fsp3) is 0.400. The Labute approximate surface area is 164 Å². The van der Waals surface area contributed by atoms with Crippen molar-refractivity contribution in [2.75, 3.05) is 29.9 Å². The van der Waals surface area contributed by atoms with Gasteiger partial charge in [0.2, 0.25) is 5.91 Å². The second kappa shape index (κ2) is 9.16. The molecule has 0 fully saturated rings. The molecule has 0 aliphatic rings. The number of fused-ring (bicyclic) bond motifs is 1. The number of ether oxygens (including phenoxy) is 1. The molecule has 0 spiro atoms. The van der Waals surface area contributed by atoms with E-state index >= 15 is 0 Å². The summed E-state index contributed by atoms with van der Waals surface area (Å²) in [5.41, 5.74) is 1.34. The molecule has 0 atom stereocenters. The molecule has 1 N–H and O–H groups in total. The average Bonchev–Trinajstić information content (AvgIpc) is 3.11. The summed E-state index contributed by atoms with van der Waals surface area (Å²) in [7, 11) is 0. The average molecular weight is 382 g/mol. The van der Waals surface area contributed by atoms with Crippen LogP contribution in [0.5, 0.6) is 5.75 Å². The number of aryl methyl sites for hydroxylation is 1. The van der Waals surface area contributed by atoms with E-state index in [4.69, 9.17) is 4.74 Å². The van der Waals surface area contributed by atoms with Crippen LogP contribution in [0.25, 0.3) is 5.65 Å². The number of carbonyl (C=O) groups excluding carboxylic acids is 1. The van der Waals surface area contributed by atoms with Gasteiger partial charge in [0.25, 0.3) is 0 Å². The lowest BCUT2D eigenvalue weighted by atomic mass is 10.2. The van der Waals surface area contributed by atoms with Crippen LogP contribution in [0.4, 0.5) is 11.5 Å². The van der Waals surface area contributed by atoms with E-state index in [0.29, 0.717) is 35.9 Å². The van der Waals surface area contributed by atoms with Crippen molar-refractivity contribution in [3.05, 3.63) is 42.2 Å². The number of carbonyl (C=O) groups is 1. The Hall–Kier alpha value is -3.16. The van der Waals surface area contributed by atoms with Crippen LogP contribution in [-0.2, 0) is 11.2 Å². The molecular weight excluding hydrogens is 356 g/mol. The normalized spacial score (nSPS) is 10.8. The van der Waals surface area contributed by atoms with Crippen LogP contribution in [-0.4, -0.2) is 45.4 Å². The molecule has 0 radical (unpaired) electrons. The number of benzene rings is 1. The molecule has 148 valence electrons. The summed E-state index contributed by atoms with van der Waals surface area (Å²) in [6.07, 6.45) is 0.719. The molecule has 1 amide bonds. The number of amides is 1. The minimum Gasteiger partial charge on any atom is -0.492 e. The lowest BCUT2D eigenvalue weighted by Crippen LogP contribution is -2.23. The van der Waals surface area contributed by atoms with Crippen molar-refractivity contribution in [3.63, 3.8) is 0 Å². The van der Waals surface area contributed by atoms with Crippen LogP contribution in [0.1, 0.15) is 33.0 Å². The molecule has 0 aliphatic carbocycles. The number of nitrogens with one attached hydrogen (secondary N) is 1. The van der Waals surface area contributed by atoms with E-state index < -0.39 is 0 Å². The molecule has 8 nitrogen and oxygen atoms in total. The summed E-state index contributed by atoms with van der Waals surface area (Å²) >= 11 is 0. The number of aromatic nitrogens is 4. The van der Waals surface area contributed by atoms with Gasteiger partial charge in [0.1, 0.15) is 11.6 Å². The van der Waals surface area contributed by atoms with E-state index in [1.165, 1.54) is 0 Å². The molecule has 28 heavy (non-hydrogen) atoms. The third-order valence-corrected chi connectivity index (χ3v) is 4.44.